The highest BCUT2D eigenvalue weighted by molar-refractivity contribution is 6.30. The normalized spacial score (nSPS) is 10.2. The second-order valence-corrected chi connectivity index (χ2v) is 4.13. The number of primary amides is 1. The molecule has 2 rings (SSSR count). The van der Waals surface area contributed by atoms with Crippen LogP contribution in [0.15, 0.2) is 30.3 Å². The number of nitrogens with zero attached hydrogens (tertiary/aromatic N) is 2. The van der Waals surface area contributed by atoms with Crippen LogP contribution >= 0.6 is 11.6 Å². The molecular formula is C12H9ClFN3O2. The van der Waals surface area contributed by atoms with E-state index in [4.69, 9.17) is 17.3 Å². The smallest absolute Gasteiger partial charge is 0.390 e. The van der Waals surface area contributed by atoms with Crippen molar-refractivity contribution in [3.63, 3.8) is 0 Å². The molecule has 2 aromatic rings. The first-order valence-corrected chi connectivity index (χ1v) is 5.66. The highest BCUT2D eigenvalue weighted by atomic mass is 35.5. The number of hydrogen-bond acceptors (Lipinski definition) is 4. The first-order valence-electron chi connectivity index (χ1n) is 5.28. The summed E-state index contributed by atoms with van der Waals surface area (Å²) in [4.78, 5) is 10.5. The lowest BCUT2D eigenvalue weighted by molar-refractivity contribution is 0.208. The van der Waals surface area contributed by atoms with Gasteiger partial charge in [0.25, 0.3) is 0 Å². The Morgan fingerprint density at radius 2 is 2.11 bits per heavy atom. The molecule has 1 aromatic heterocycles. The summed E-state index contributed by atoms with van der Waals surface area (Å²) >= 11 is 5.66. The Labute approximate surface area is 113 Å². The molecule has 0 atom stereocenters. The minimum absolute atomic E-state index is 0.00664. The van der Waals surface area contributed by atoms with Gasteiger partial charge in [-0.15, -0.1) is 5.10 Å². The fourth-order valence-electron chi connectivity index (χ4n) is 1.46. The maximum atomic E-state index is 13.6. The minimum atomic E-state index is -0.967. The van der Waals surface area contributed by atoms with E-state index in [1.54, 1.807) is 18.2 Å². The van der Waals surface area contributed by atoms with Gasteiger partial charge in [-0.25, -0.2) is 9.18 Å². The van der Waals surface area contributed by atoms with Crippen LogP contribution in [0, 0.1) is 5.82 Å². The molecule has 0 radical (unpaired) electrons. The summed E-state index contributed by atoms with van der Waals surface area (Å²) in [6.07, 6.45) is -0.710. The lowest BCUT2D eigenvalue weighted by Gasteiger charge is -2.04. The van der Waals surface area contributed by atoms with Gasteiger partial charge in [0.05, 0.1) is 5.69 Å². The van der Waals surface area contributed by atoms with Crippen LogP contribution in [0.3, 0.4) is 0 Å². The molecule has 98 valence electrons. The van der Waals surface area contributed by atoms with Gasteiger partial charge in [0, 0.05) is 17.5 Å². The molecule has 1 heterocycles. The van der Waals surface area contributed by atoms with E-state index in [1.807, 2.05) is 0 Å². The monoisotopic (exact) mass is 281 g/mol. The van der Waals surface area contributed by atoms with Crippen molar-refractivity contribution >= 4 is 17.7 Å². The Balaban J connectivity index is 2.13. The molecule has 0 saturated carbocycles. The van der Waals surface area contributed by atoms with E-state index in [-0.39, 0.29) is 12.3 Å². The van der Waals surface area contributed by atoms with Crippen LogP contribution < -0.4 is 10.5 Å². The van der Waals surface area contributed by atoms with E-state index in [0.717, 1.165) is 0 Å². The Kier molecular flexibility index (Phi) is 3.91. The molecule has 2 N–H and O–H groups in total. The summed E-state index contributed by atoms with van der Waals surface area (Å²) in [5, 5.41) is 7.78. The number of ether oxygens (including phenoxy) is 1. The van der Waals surface area contributed by atoms with Crippen LogP contribution in [0.1, 0.15) is 11.3 Å². The van der Waals surface area contributed by atoms with Crippen LogP contribution in [0.5, 0.6) is 5.88 Å². The van der Waals surface area contributed by atoms with Crippen LogP contribution in [0.4, 0.5) is 9.18 Å². The zero-order valence-corrected chi connectivity index (χ0v) is 10.4. The largest absolute Gasteiger partial charge is 0.411 e. The van der Waals surface area contributed by atoms with Gasteiger partial charge in [0.2, 0.25) is 5.88 Å². The summed E-state index contributed by atoms with van der Waals surface area (Å²) in [5.41, 5.74) is 5.80. The van der Waals surface area contributed by atoms with Gasteiger partial charge in [-0.3, -0.25) is 0 Å². The van der Waals surface area contributed by atoms with E-state index in [0.29, 0.717) is 16.3 Å². The van der Waals surface area contributed by atoms with Crippen molar-refractivity contribution in [1.29, 1.82) is 0 Å². The van der Waals surface area contributed by atoms with Crippen molar-refractivity contribution in [2.75, 3.05) is 0 Å². The highest BCUT2D eigenvalue weighted by Gasteiger charge is 2.07. The summed E-state index contributed by atoms with van der Waals surface area (Å²) in [6.45, 7) is 0. The van der Waals surface area contributed by atoms with Crippen LogP contribution in [-0.2, 0) is 6.42 Å². The molecule has 0 bridgehead atoms. The van der Waals surface area contributed by atoms with Crippen molar-refractivity contribution in [3.05, 3.63) is 52.4 Å². The number of benzene rings is 1. The van der Waals surface area contributed by atoms with E-state index in [2.05, 4.69) is 14.9 Å². The molecule has 0 fully saturated rings. The third kappa shape index (κ3) is 3.62. The Morgan fingerprint density at radius 1 is 1.32 bits per heavy atom. The zero-order valence-electron chi connectivity index (χ0n) is 9.64. The zero-order chi connectivity index (χ0) is 13.8. The molecule has 5 nitrogen and oxygen atoms in total. The number of rotatable bonds is 3. The molecular weight excluding hydrogens is 273 g/mol. The molecule has 19 heavy (non-hydrogen) atoms. The van der Waals surface area contributed by atoms with Gasteiger partial charge >= 0.3 is 6.09 Å². The molecule has 7 heteroatoms. The van der Waals surface area contributed by atoms with Crippen molar-refractivity contribution in [1.82, 2.24) is 10.2 Å². The molecule has 0 aliphatic heterocycles. The SMILES string of the molecule is NC(=O)Oc1ccc(Cc2ccc(Cl)cc2F)nn1. The lowest BCUT2D eigenvalue weighted by atomic mass is 10.1. The second-order valence-electron chi connectivity index (χ2n) is 3.70. The Morgan fingerprint density at radius 3 is 2.68 bits per heavy atom. The van der Waals surface area contributed by atoms with Crippen LogP contribution in [0.2, 0.25) is 5.02 Å². The predicted octanol–water partition coefficient (Wildman–Crippen LogP) is 2.32. The van der Waals surface area contributed by atoms with E-state index in [9.17, 15) is 9.18 Å². The molecule has 0 saturated heterocycles. The van der Waals surface area contributed by atoms with Crippen molar-refractivity contribution in [2.45, 2.75) is 6.42 Å². The molecule has 0 unspecified atom stereocenters. The quantitative estimate of drug-likeness (QED) is 0.936. The molecule has 1 aromatic carbocycles. The lowest BCUT2D eigenvalue weighted by Crippen LogP contribution is -2.17. The van der Waals surface area contributed by atoms with Gasteiger partial charge < -0.3 is 10.5 Å². The van der Waals surface area contributed by atoms with Gasteiger partial charge in [0.15, 0.2) is 0 Å². The van der Waals surface area contributed by atoms with Crippen LogP contribution in [0.25, 0.3) is 0 Å². The molecule has 0 aliphatic rings. The maximum absolute atomic E-state index is 13.6. The number of nitrogens with two attached hydrogens (primary N) is 1. The van der Waals surface area contributed by atoms with Gasteiger partial charge in [-0.1, -0.05) is 17.7 Å². The maximum Gasteiger partial charge on any atom is 0.411 e. The number of carbonyl (C=O) groups excluding carboxylic acids is 1. The van der Waals surface area contributed by atoms with Crippen molar-refractivity contribution < 1.29 is 13.9 Å². The summed E-state index contributed by atoms with van der Waals surface area (Å²) in [5.74, 6) is -0.417. The first-order chi connectivity index (χ1) is 9.04. The van der Waals surface area contributed by atoms with Gasteiger partial charge in [0.1, 0.15) is 5.82 Å². The third-order valence-corrected chi connectivity index (χ3v) is 2.52. The molecule has 0 aliphatic carbocycles. The van der Waals surface area contributed by atoms with Gasteiger partial charge in [-0.05, 0) is 23.8 Å². The van der Waals surface area contributed by atoms with E-state index in [1.165, 1.54) is 12.1 Å². The summed E-state index contributed by atoms with van der Waals surface area (Å²) < 4.78 is 18.1. The standard InChI is InChI=1S/C12H9ClFN3O2/c13-8-2-1-7(10(14)6-8)5-9-3-4-11(17-16-9)19-12(15)18/h1-4,6H,5H2,(H2,15,18). The predicted molar refractivity (Wildman–Crippen MR) is 66.5 cm³/mol. The highest BCUT2D eigenvalue weighted by Crippen LogP contribution is 2.17. The van der Waals surface area contributed by atoms with E-state index < -0.39 is 11.9 Å². The Bertz CT molecular complexity index is 604. The third-order valence-electron chi connectivity index (χ3n) is 2.29. The topological polar surface area (TPSA) is 78.1 Å². The summed E-state index contributed by atoms with van der Waals surface area (Å²) in [6, 6.07) is 7.40. The average Bonchev–Trinajstić information content (AvgIpc) is 2.34. The number of amides is 1. The number of aromatic nitrogens is 2. The first kappa shape index (κ1) is 13.2. The number of hydrogen-bond donors (Lipinski definition) is 1. The van der Waals surface area contributed by atoms with E-state index >= 15 is 0 Å². The molecule has 0 spiro atoms. The van der Waals surface area contributed by atoms with Gasteiger partial charge in [-0.2, -0.15) is 5.10 Å². The number of carbonyl (C=O) groups is 1. The molecule has 1 amide bonds. The van der Waals surface area contributed by atoms with Crippen molar-refractivity contribution in [2.24, 2.45) is 5.73 Å². The average molecular weight is 282 g/mol. The minimum Gasteiger partial charge on any atom is -0.390 e. The number of halogens is 2. The fourth-order valence-corrected chi connectivity index (χ4v) is 1.62. The van der Waals surface area contributed by atoms with Crippen molar-refractivity contribution in [3.8, 4) is 5.88 Å². The summed E-state index contributed by atoms with van der Waals surface area (Å²) in [7, 11) is 0. The fraction of sp³-hybridized carbons (Fsp3) is 0.0833. The Hall–Kier alpha value is -2.21. The second kappa shape index (κ2) is 5.62. The van der Waals surface area contributed by atoms with Crippen LogP contribution in [-0.4, -0.2) is 16.3 Å².